The van der Waals surface area contributed by atoms with Crippen molar-refractivity contribution in [2.45, 2.75) is 64.8 Å². The summed E-state index contributed by atoms with van der Waals surface area (Å²) in [5.74, 6) is -1.60. The van der Waals surface area contributed by atoms with Crippen molar-refractivity contribution in [1.29, 1.82) is 0 Å². The zero-order chi connectivity index (χ0) is 27.8. The molecule has 0 radical (unpaired) electrons. The van der Waals surface area contributed by atoms with Crippen LogP contribution in [-0.2, 0) is 22.6 Å². The van der Waals surface area contributed by atoms with Gasteiger partial charge in [-0.3, -0.25) is 14.4 Å². The molecule has 1 fully saturated rings. The van der Waals surface area contributed by atoms with Crippen LogP contribution >= 0.6 is 11.3 Å². The molecule has 0 bridgehead atoms. The number of nitrogens with zero attached hydrogens (tertiary/aromatic N) is 3. The Hall–Kier alpha value is -3.43. The quantitative estimate of drug-likeness (QED) is 0.450. The number of thiazole rings is 1. The van der Waals surface area contributed by atoms with E-state index in [1.54, 1.807) is 17.4 Å². The number of aliphatic hydroxyl groups is 1. The Labute approximate surface area is 231 Å². The topological polar surface area (TPSA) is 90.8 Å². The number of hydrogen-bond donors (Lipinski definition) is 1. The molecule has 5 rings (SSSR count). The molecule has 1 saturated heterocycles. The maximum Gasteiger partial charge on any atom is 0.255 e. The van der Waals surface area contributed by atoms with E-state index in [1.165, 1.54) is 21.9 Å². The summed E-state index contributed by atoms with van der Waals surface area (Å²) in [4.78, 5) is 48.7. The second-order valence-electron chi connectivity index (χ2n) is 10.7. The Morgan fingerprint density at radius 3 is 2.59 bits per heavy atom. The van der Waals surface area contributed by atoms with Crippen LogP contribution in [0.25, 0.3) is 10.4 Å². The summed E-state index contributed by atoms with van der Waals surface area (Å²) in [6.07, 6.45) is 0.130. The molecule has 3 aromatic rings. The summed E-state index contributed by atoms with van der Waals surface area (Å²) in [5, 5.41) is 10.4. The van der Waals surface area contributed by atoms with Gasteiger partial charge in [-0.25, -0.2) is 9.37 Å². The lowest BCUT2D eigenvalue weighted by Gasteiger charge is -2.35. The molecular weight excluding hydrogens is 517 g/mol. The number of β-amino-alcohol motifs (C(OH)–C–C–N with tert-alkyl or cyclic N) is 1. The number of ketones is 1. The van der Waals surface area contributed by atoms with Gasteiger partial charge in [0.25, 0.3) is 5.91 Å². The number of benzene rings is 2. The molecule has 7 nitrogen and oxygen atoms in total. The second-order valence-corrected chi connectivity index (χ2v) is 11.6. The number of hydrogen-bond acceptors (Lipinski definition) is 6. The van der Waals surface area contributed by atoms with Gasteiger partial charge in [0.05, 0.1) is 28.2 Å². The monoisotopic (exact) mass is 549 g/mol. The van der Waals surface area contributed by atoms with Crippen LogP contribution in [0.3, 0.4) is 0 Å². The van der Waals surface area contributed by atoms with E-state index in [0.717, 1.165) is 21.7 Å². The van der Waals surface area contributed by atoms with Crippen LogP contribution in [0.4, 0.5) is 4.39 Å². The molecule has 2 aliphatic heterocycles. The van der Waals surface area contributed by atoms with Crippen LogP contribution in [0.2, 0.25) is 0 Å². The minimum atomic E-state index is -0.823. The third-order valence-corrected chi connectivity index (χ3v) is 8.66. The van der Waals surface area contributed by atoms with Crippen molar-refractivity contribution >= 4 is 28.9 Å². The van der Waals surface area contributed by atoms with Crippen molar-refractivity contribution in [2.75, 3.05) is 6.54 Å². The molecule has 1 aromatic heterocycles. The van der Waals surface area contributed by atoms with Crippen molar-refractivity contribution in [1.82, 2.24) is 14.8 Å². The molecule has 3 heterocycles. The third-order valence-electron chi connectivity index (χ3n) is 7.68. The molecule has 2 aliphatic rings. The molecule has 1 N–H and O–H groups in total. The predicted molar refractivity (Wildman–Crippen MR) is 147 cm³/mol. The number of fused-ring (bicyclic) bond motifs is 1. The summed E-state index contributed by atoms with van der Waals surface area (Å²) < 4.78 is 13.8. The molecule has 204 valence electrons. The van der Waals surface area contributed by atoms with Crippen molar-refractivity contribution in [3.63, 3.8) is 0 Å². The van der Waals surface area contributed by atoms with Crippen molar-refractivity contribution in [3.8, 4) is 10.4 Å². The Morgan fingerprint density at radius 1 is 1.18 bits per heavy atom. The fraction of sp³-hybridized carbons (Fsp3) is 0.400. The number of halogens is 1. The summed E-state index contributed by atoms with van der Waals surface area (Å²) in [5.41, 5.74) is 5.84. The minimum Gasteiger partial charge on any atom is -0.391 e. The normalized spacial score (nSPS) is 19.6. The summed E-state index contributed by atoms with van der Waals surface area (Å²) in [6.45, 7) is 5.92. The van der Waals surface area contributed by atoms with Gasteiger partial charge in [0.1, 0.15) is 11.9 Å². The molecular formula is C30H32FN3O4S. The molecule has 9 heteroatoms. The number of aryl methyl sites for hydroxylation is 2. The van der Waals surface area contributed by atoms with Crippen LogP contribution in [0.1, 0.15) is 53.9 Å². The molecule has 0 saturated carbocycles. The largest absolute Gasteiger partial charge is 0.391 e. The molecule has 2 amide bonds. The van der Waals surface area contributed by atoms with E-state index < -0.39 is 29.9 Å². The summed E-state index contributed by atoms with van der Waals surface area (Å²) >= 11 is 1.59. The second kappa shape index (κ2) is 11.0. The van der Waals surface area contributed by atoms with Gasteiger partial charge in [-0.2, -0.15) is 0 Å². The molecule has 2 aromatic carbocycles. The average Bonchev–Trinajstić information content (AvgIpc) is 3.60. The molecule has 3 atom stereocenters. The maximum atomic E-state index is 13.8. The lowest BCUT2D eigenvalue weighted by molar-refractivity contribution is -0.142. The standard InChI is InChI=1S/C30H32FN3O4S/c1-17(2)27(34-14-21-9-10-22(31)12-24(21)29(34)37)30(38)33-15-23(35)13-25(33)26(36)11-6-19-4-7-20(8-5-19)28-18(3)32-16-39-28/h4-5,7-10,12,16-17,23,25,27,35H,6,11,13-15H2,1-3H3/t23-,25+,27+/m1/s1. The third kappa shape index (κ3) is 5.38. The first-order valence-corrected chi connectivity index (χ1v) is 14.1. The number of Topliss-reactive ketones (excluding diaryl/α,β-unsaturated/α-hetero) is 1. The van der Waals surface area contributed by atoms with Gasteiger partial charge in [0.2, 0.25) is 5.91 Å². The molecule has 0 aliphatic carbocycles. The van der Waals surface area contributed by atoms with E-state index in [2.05, 4.69) is 4.98 Å². The molecule has 0 spiro atoms. The first-order valence-electron chi connectivity index (χ1n) is 13.2. The van der Waals surface area contributed by atoms with Gasteiger partial charge < -0.3 is 14.9 Å². The van der Waals surface area contributed by atoms with Gasteiger partial charge in [-0.1, -0.05) is 44.2 Å². The fourth-order valence-corrected chi connectivity index (χ4v) is 6.48. The van der Waals surface area contributed by atoms with Crippen LogP contribution in [-0.4, -0.2) is 62.2 Å². The van der Waals surface area contributed by atoms with Crippen LogP contribution in [0, 0.1) is 18.7 Å². The average molecular weight is 550 g/mol. The van der Waals surface area contributed by atoms with Crippen LogP contribution in [0.15, 0.2) is 48.0 Å². The molecule has 0 unspecified atom stereocenters. The Morgan fingerprint density at radius 2 is 1.92 bits per heavy atom. The van der Waals surface area contributed by atoms with E-state index in [-0.39, 0.29) is 49.1 Å². The highest BCUT2D eigenvalue weighted by Gasteiger charge is 2.45. The number of carbonyl (C=O) groups is 3. The number of rotatable bonds is 8. The van der Waals surface area contributed by atoms with Gasteiger partial charge in [0, 0.05) is 31.5 Å². The van der Waals surface area contributed by atoms with Crippen LogP contribution in [0.5, 0.6) is 0 Å². The van der Waals surface area contributed by atoms with Gasteiger partial charge >= 0.3 is 0 Å². The highest BCUT2D eigenvalue weighted by molar-refractivity contribution is 7.13. The Kier molecular flexibility index (Phi) is 7.64. The van der Waals surface area contributed by atoms with E-state index in [1.807, 2.05) is 50.5 Å². The minimum absolute atomic E-state index is 0.0466. The number of amides is 2. The smallest absolute Gasteiger partial charge is 0.255 e. The first kappa shape index (κ1) is 27.1. The van der Waals surface area contributed by atoms with Crippen molar-refractivity contribution < 1.29 is 23.9 Å². The summed E-state index contributed by atoms with van der Waals surface area (Å²) in [7, 11) is 0. The number of aromatic nitrogens is 1. The van der Waals surface area contributed by atoms with E-state index in [4.69, 9.17) is 0 Å². The molecule has 39 heavy (non-hydrogen) atoms. The SMILES string of the molecule is Cc1ncsc1-c1ccc(CCC(=O)[C@@H]2C[C@@H](O)CN2C(=O)[C@H](C(C)C)N2Cc3ccc(F)cc3C2=O)cc1. The number of likely N-dealkylation sites (tertiary alicyclic amines) is 1. The summed E-state index contributed by atoms with van der Waals surface area (Å²) in [6, 6.07) is 10.6. The fourth-order valence-electron chi connectivity index (χ4n) is 5.67. The van der Waals surface area contributed by atoms with Gasteiger partial charge in [-0.05, 0) is 48.1 Å². The van der Waals surface area contributed by atoms with E-state index >= 15 is 0 Å². The Balaban J connectivity index is 1.28. The van der Waals surface area contributed by atoms with E-state index in [0.29, 0.717) is 12.0 Å². The highest BCUT2D eigenvalue weighted by Crippen LogP contribution is 2.31. The zero-order valence-corrected chi connectivity index (χ0v) is 23.1. The van der Waals surface area contributed by atoms with Gasteiger partial charge in [-0.15, -0.1) is 11.3 Å². The van der Waals surface area contributed by atoms with Crippen LogP contribution < -0.4 is 0 Å². The zero-order valence-electron chi connectivity index (χ0n) is 22.3. The number of aliphatic hydroxyl groups excluding tert-OH is 1. The number of carbonyl (C=O) groups excluding carboxylic acids is 3. The van der Waals surface area contributed by atoms with Crippen molar-refractivity contribution in [2.24, 2.45) is 5.92 Å². The highest BCUT2D eigenvalue weighted by atomic mass is 32.1. The maximum absolute atomic E-state index is 13.8. The lowest BCUT2D eigenvalue weighted by Crippen LogP contribution is -2.54. The first-order chi connectivity index (χ1) is 18.6. The van der Waals surface area contributed by atoms with E-state index in [9.17, 15) is 23.9 Å². The van der Waals surface area contributed by atoms with Gasteiger partial charge in [0.15, 0.2) is 5.78 Å². The predicted octanol–water partition coefficient (Wildman–Crippen LogP) is 4.40. The Bertz CT molecular complexity index is 1400. The van der Waals surface area contributed by atoms with Crippen molar-refractivity contribution in [3.05, 3.63) is 76.2 Å². The lowest BCUT2D eigenvalue weighted by atomic mass is 9.98.